The van der Waals surface area contributed by atoms with Crippen LogP contribution < -0.4 is 0 Å². The van der Waals surface area contributed by atoms with Gasteiger partial charge in [0.2, 0.25) is 5.89 Å². The summed E-state index contributed by atoms with van der Waals surface area (Å²) in [7, 11) is 0. The molecule has 5 nitrogen and oxygen atoms in total. The molecule has 1 rings (SSSR count). The van der Waals surface area contributed by atoms with Gasteiger partial charge in [0, 0.05) is 0 Å². The van der Waals surface area contributed by atoms with Crippen LogP contribution in [0.25, 0.3) is 0 Å². The number of carbonyl (C=O) groups is 1. The summed E-state index contributed by atoms with van der Waals surface area (Å²) >= 11 is 0. The first-order valence-electron chi connectivity index (χ1n) is 3.99. The van der Waals surface area contributed by atoms with E-state index in [0.717, 1.165) is 0 Å². The minimum absolute atomic E-state index is 0.0853. The fourth-order valence-corrected chi connectivity index (χ4v) is 0.777. The molecule has 8 heteroatoms. The maximum absolute atomic E-state index is 11.9. The van der Waals surface area contributed by atoms with Gasteiger partial charge in [-0.3, -0.25) is 0 Å². The summed E-state index contributed by atoms with van der Waals surface area (Å²) in [5.74, 6) is -2.07. The molecule has 15 heavy (non-hydrogen) atoms. The van der Waals surface area contributed by atoms with Gasteiger partial charge in [-0.15, -0.1) is 0 Å². The molecular formula is C7H7F3N2O3. The Kier molecular flexibility index (Phi) is 3.28. The number of nitrogens with zero attached hydrogens (tertiary/aromatic N) is 2. The molecule has 84 valence electrons. The zero-order chi connectivity index (χ0) is 11.5. The van der Waals surface area contributed by atoms with Crippen LogP contribution in [-0.2, 0) is 11.2 Å². The van der Waals surface area contributed by atoms with Gasteiger partial charge >= 0.3 is 12.1 Å². The number of aromatic nitrogens is 2. The molecule has 0 unspecified atom stereocenters. The fourth-order valence-electron chi connectivity index (χ4n) is 0.777. The van der Waals surface area contributed by atoms with E-state index in [1.807, 2.05) is 0 Å². The third-order valence-electron chi connectivity index (χ3n) is 1.28. The first-order valence-corrected chi connectivity index (χ1v) is 3.99. The molecule has 0 aliphatic rings. The van der Waals surface area contributed by atoms with Crippen LogP contribution in [0.4, 0.5) is 13.2 Å². The van der Waals surface area contributed by atoms with Crippen LogP contribution >= 0.6 is 0 Å². The van der Waals surface area contributed by atoms with E-state index in [2.05, 4.69) is 19.4 Å². The van der Waals surface area contributed by atoms with Crippen LogP contribution in [0.1, 0.15) is 23.4 Å². The van der Waals surface area contributed by atoms with E-state index in [4.69, 9.17) is 0 Å². The van der Waals surface area contributed by atoms with E-state index < -0.39 is 30.3 Å². The zero-order valence-corrected chi connectivity index (χ0v) is 7.67. The smallest absolute Gasteiger partial charge is 0.397 e. The largest absolute Gasteiger partial charge is 0.460 e. The average molecular weight is 224 g/mol. The summed E-state index contributed by atoms with van der Waals surface area (Å²) in [6, 6.07) is 0. The average Bonchev–Trinajstić information content (AvgIpc) is 2.50. The molecule has 0 bridgehead atoms. The van der Waals surface area contributed by atoms with Gasteiger partial charge in [-0.2, -0.15) is 18.2 Å². The van der Waals surface area contributed by atoms with Gasteiger partial charge in [0.15, 0.2) is 0 Å². The number of rotatable bonds is 3. The Hall–Kier alpha value is -1.60. The molecule has 0 aromatic carbocycles. The van der Waals surface area contributed by atoms with Crippen molar-refractivity contribution in [3.63, 3.8) is 0 Å². The Morgan fingerprint density at radius 2 is 2.20 bits per heavy atom. The van der Waals surface area contributed by atoms with Gasteiger partial charge < -0.3 is 9.26 Å². The van der Waals surface area contributed by atoms with Crippen LogP contribution in [0.3, 0.4) is 0 Å². The van der Waals surface area contributed by atoms with Gasteiger partial charge in [-0.05, 0) is 12.1 Å². The highest BCUT2D eigenvalue weighted by molar-refractivity contribution is 5.84. The molecule has 0 saturated carbocycles. The topological polar surface area (TPSA) is 65.2 Å². The lowest BCUT2D eigenvalue weighted by Gasteiger charge is -1.99. The van der Waals surface area contributed by atoms with Gasteiger partial charge in [0.25, 0.3) is 5.82 Å². The van der Waals surface area contributed by atoms with E-state index in [1.54, 1.807) is 6.92 Å². The molecule has 0 N–H and O–H groups in total. The Morgan fingerprint density at radius 3 is 2.73 bits per heavy atom. The lowest BCUT2D eigenvalue weighted by Crippen LogP contribution is -2.12. The van der Waals surface area contributed by atoms with Crippen LogP contribution in [0.15, 0.2) is 4.52 Å². The highest BCUT2D eigenvalue weighted by Crippen LogP contribution is 2.20. The number of hydrogen-bond acceptors (Lipinski definition) is 5. The minimum Gasteiger partial charge on any atom is -0.460 e. The lowest BCUT2D eigenvalue weighted by molar-refractivity contribution is -0.131. The Labute approximate surface area is 82.2 Å². The Morgan fingerprint density at radius 1 is 1.53 bits per heavy atom. The number of carbonyl (C=O) groups excluding carboxylic acids is 1. The molecule has 0 fully saturated rings. The van der Waals surface area contributed by atoms with Crippen molar-refractivity contribution in [2.24, 2.45) is 0 Å². The van der Waals surface area contributed by atoms with Gasteiger partial charge in [-0.25, -0.2) is 4.79 Å². The molecule has 0 aliphatic carbocycles. The summed E-state index contributed by atoms with van der Waals surface area (Å²) in [4.78, 5) is 14.2. The zero-order valence-electron chi connectivity index (χ0n) is 7.67. The molecule has 1 aromatic heterocycles. The third-order valence-corrected chi connectivity index (χ3v) is 1.28. The summed E-state index contributed by atoms with van der Waals surface area (Å²) in [6.45, 7) is 1.64. The van der Waals surface area contributed by atoms with E-state index in [9.17, 15) is 18.0 Å². The number of alkyl halides is 3. The first kappa shape index (κ1) is 11.5. The second kappa shape index (κ2) is 4.28. The van der Waals surface area contributed by atoms with Crippen molar-refractivity contribution in [1.29, 1.82) is 0 Å². The minimum atomic E-state index is -4.45. The van der Waals surface area contributed by atoms with Crippen LogP contribution in [-0.4, -0.2) is 28.9 Å². The number of ether oxygens (including phenoxy) is 1. The van der Waals surface area contributed by atoms with Crippen molar-refractivity contribution in [2.75, 3.05) is 6.61 Å². The van der Waals surface area contributed by atoms with E-state index in [-0.39, 0.29) is 6.61 Å². The summed E-state index contributed by atoms with van der Waals surface area (Å²) in [5.41, 5.74) is 0. The number of esters is 1. The number of hydrogen-bond donors (Lipinski definition) is 0. The standard InChI is InChI=1S/C7H7F3N2O3/c1-2-14-6(13)5-11-4(15-12-5)3-7(8,9)10/h2-3H2,1H3. The van der Waals surface area contributed by atoms with Gasteiger partial charge in [-0.1, -0.05) is 0 Å². The predicted octanol–water partition coefficient (Wildman–Crippen LogP) is 1.35. The molecule has 1 aromatic rings. The quantitative estimate of drug-likeness (QED) is 0.725. The maximum Gasteiger partial charge on any atom is 0.397 e. The maximum atomic E-state index is 11.9. The normalized spacial score (nSPS) is 11.5. The highest BCUT2D eigenvalue weighted by Gasteiger charge is 2.31. The second-order valence-corrected chi connectivity index (χ2v) is 2.52. The van der Waals surface area contributed by atoms with E-state index in [1.165, 1.54) is 0 Å². The van der Waals surface area contributed by atoms with Crippen molar-refractivity contribution in [1.82, 2.24) is 10.1 Å². The molecule has 0 atom stereocenters. The van der Waals surface area contributed by atoms with Crippen molar-refractivity contribution < 1.29 is 27.2 Å². The summed E-state index contributed by atoms with van der Waals surface area (Å²) < 4.78 is 44.3. The molecule has 0 aliphatic heterocycles. The molecule has 0 radical (unpaired) electrons. The lowest BCUT2D eigenvalue weighted by atomic mass is 10.4. The summed E-state index contributed by atoms with van der Waals surface area (Å²) in [5, 5.41) is 3.06. The van der Waals surface area contributed by atoms with Crippen LogP contribution in [0.5, 0.6) is 0 Å². The van der Waals surface area contributed by atoms with Crippen LogP contribution in [0, 0.1) is 0 Å². The van der Waals surface area contributed by atoms with Crippen molar-refractivity contribution >= 4 is 5.97 Å². The molecule has 0 saturated heterocycles. The van der Waals surface area contributed by atoms with E-state index in [0.29, 0.717) is 0 Å². The predicted molar refractivity (Wildman–Crippen MR) is 40.0 cm³/mol. The molecular weight excluding hydrogens is 217 g/mol. The van der Waals surface area contributed by atoms with Crippen molar-refractivity contribution in [3.05, 3.63) is 11.7 Å². The SMILES string of the molecule is CCOC(=O)c1noc(CC(F)(F)F)n1. The number of halogens is 3. The van der Waals surface area contributed by atoms with Crippen molar-refractivity contribution in [3.8, 4) is 0 Å². The third kappa shape index (κ3) is 3.56. The fraction of sp³-hybridized carbons (Fsp3) is 0.571. The monoisotopic (exact) mass is 224 g/mol. The first-order chi connectivity index (χ1) is 6.92. The van der Waals surface area contributed by atoms with E-state index >= 15 is 0 Å². The van der Waals surface area contributed by atoms with Gasteiger partial charge in [0.1, 0.15) is 6.42 Å². The van der Waals surface area contributed by atoms with Crippen LogP contribution in [0.2, 0.25) is 0 Å². The highest BCUT2D eigenvalue weighted by atomic mass is 19.4. The molecule has 0 spiro atoms. The Balaban J connectivity index is 2.68. The summed E-state index contributed by atoms with van der Waals surface area (Å²) in [6.07, 6.45) is -5.81. The van der Waals surface area contributed by atoms with Gasteiger partial charge in [0.05, 0.1) is 6.61 Å². The Bertz CT molecular complexity index is 347. The van der Waals surface area contributed by atoms with Crippen molar-refractivity contribution in [2.45, 2.75) is 19.5 Å². The second-order valence-electron chi connectivity index (χ2n) is 2.52. The molecule has 1 heterocycles. The molecule has 0 amide bonds.